The van der Waals surface area contributed by atoms with Crippen LogP contribution in [0.2, 0.25) is 0 Å². The summed E-state index contributed by atoms with van der Waals surface area (Å²) in [5.74, 6) is 0.352. The first-order valence-electron chi connectivity index (χ1n) is 6.34. The molecule has 0 bridgehead atoms. The Kier molecular flexibility index (Phi) is 4.44. The van der Waals surface area contributed by atoms with Gasteiger partial charge in [0.15, 0.2) is 4.21 Å². The number of nitrogens with zero attached hydrogens (tertiary/aromatic N) is 1. The minimum absolute atomic E-state index is 0.0999. The zero-order valence-electron chi connectivity index (χ0n) is 11.1. The van der Waals surface area contributed by atoms with Gasteiger partial charge in [-0.15, -0.1) is 0 Å². The fourth-order valence-electron chi connectivity index (χ4n) is 2.31. The first kappa shape index (κ1) is 14.7. The van der Waals surface area contributed by atoms with Crippen LogP contribution in [-0.2, 0) is 10.0 Å². The van der Waals surface area contributed by atoms with Crippen LogP contribution in [-0.4, -0.2) is 44.5 Å². The molecule has 19 heavy (non-hydrogen) atoms. The SMILES string of the molecule is CCN1CCC(CNS(=O)(=O)c2sc(=O)[nH]c2C)C1. The topological polar surface area (TPSA) is 82.3 Å². The normalized spacial score (nSPS) is 21.1. The summed E-state index contributed by atoms with van der Waals surface area (Å²) in [6.45, 7) is 7.10. The molecule has 1 unspecified atom stereocenters. The molecule has 2 heterocycles. The van der Waals surface area contributed by atoms with E-state index in [1.807, 2.05) is 0 Å². The van der Waals surface area contributed by atoms with Gasteiger partial charge in [0.2, 0.25) is 0 Å². The van der Waals surface area contributed by atoms with Crippen LogP contribution >= 0.6 is 11.3 Å². The van der Waals surface area contributed by atoms with E-state index >= 15 is 0 Å². The molecule has 2 rings (SSSR count). The van der Waals surface area contributed by atoms with Crippen molar-refractivity contribution in [3.8, 4) is 0 Å². The molecule has 108 valence electrons. The lowest BCUT2D eigenvalue weighted by Gasteiger charge is -2.13. The molecule has 6 nitrogen and oxygen atoms in total. The number of nitrogens with one attached hydrogen (secondary N) is 2. The van der Waals surface area contributed by atoms with Gasteiger partial charge in [0, 0.05) is 18.8 Å². The molecule has 1 fully saturated rings. The number of aromatic amines is 1. The quantitative estimate of drug-likeness (QED) is 0.823. The van der Waals surface area contributed by atoms with Crippen molar-refractivity contribution in [3.05, 3.63) is 15.4 Å². The lowest BCUT2D eigenvalue weighted by atomic mass is 10.1. The van der Waals surface area contributed by atoms with Gasteiger partial charge in [0.1, 0.15) is 0 Å². The van der Waals surface area contributed by atoms with E-state index in [0.29, 0.717) is 18.2 Å². The molecule has 0 spiro atoms. The van der Waals surface area contributed by atoms with Crippen LogP contribution in [0.1, 0.15) is 19.0 Å². The number of hydrogen-bond acceptors (Lipinski definition) is 5. The third-order valence-electron chi connectivity index (χ3n) is 3.40. The van der Waals surface area contributed by atoms with Crippen molar-refractivity contribution in [2.45, 2.75) is 24.5 Å². The molecule has 0 saturated carbocycles. The number of hydrogen-bond donors (Lipinski definition) is 2. The highest BCUT2D eigenvalue weighted by Crippen LogP contribution is 2.18. The van der Waals surface area contributed by atoms with Crippen molar-refractivity contribution in [2.24, 2.45) is 5.92 Å². The molecule has 1 saturated heterocycles. The summed E-state index contributed by atoms with van der Waals surface area (Å²) < 4.78 is 26.9. The van der Waals surface area contributed by atoms with Crippen LogP contribution < -0.4 is 9.60 Å². The lowest BCUT2D eigenvalue weighted by Crippen LogP contribution is -2.31. The predicted octanol–water partition coefficient (Wildman–Crippen LogP) is 0.365. The third-order valence-corrected chi connectivity index (χ3v) is 6.43. The van der Waals surface area contributed by atoms with Gasteiger partial charge in [-0.25, -0.2) is 13.1 Å². The fraction of sp³-hybridized carbons (Fsp3) is 0.727. The van der Waals surface area contributed by atoms with Gasteiger partial charge >= 0.3 is 4.87 Å². The Balaban J connectivity index is 1.99. The van der Waals surface area contributed by atoms with Crippen LogP contribution in [0.4, 0.5) is 0 Å². The second kappa shape index (κ2) is 5.74. The molecule has 0 radical (unpaired) electrons. The zero-order valence-corrected chi connectivity index (χ0v) is 12.7. The molecule has 2 N–H and O–H groups in total. The third kappa shape index (κ3) is 3.44. The smallest absolute Gasteiger partial charge is 0.305 e. The van der Waals surface area contributed by atoms with Gasteiger partial charge in [0.25, 0.3) is 10.0 Å². The maximum atomic E-state index is 12.1. The Morgan fingerprint density at radius 3 is 2.79 bits per heavy atom. The van der Waals surface area contributed by atoms with Crippen molar-refractivity contribution in [1.82, 2.24) is 14.6 Å². The van der Waals surface area contributed by atoms with Crippen molar-refractivity contribution in [3.63, 3.8) is 0 Å². The summed E-state index contributed by atoms with van der Waals surface area (Å²) >= 11 is 0.737. The van der Waals surface area contributed by atoms with Crippen LogP contribution in [0, 0.1) is 12.8 Å². The second-order valence-electron chi connectivity index (χ2n) is 4.83. The van der Waals surface area contributed by atoms with Crippen LogP contribution in [0.25, 0.3) is 0 Å². The first-order valence-corrected chi connectivity index (χ1v) is 8.64. The van der Waals surface area contributed by atoms with Crippen molar-refractivity contribution >= 4 is 21.4 Å². The van der Waals surface area contributed by atoms with E-state index in [1.54, 1.807) is 6.92 Å². The Labute approximate surface area is 116 Å². The van der Waals surface area contributed by atoms with Crippen LogP contribution in [0.15, 0.2) is 9.00 Å². The average molecular weight is 305 g/mol. The van der Waals surface area contributed by atoms with E-state index < -0.39 is 10.0 Å². The first-order chi connectivity index (χ1) is 8.92. The predicted molar refractivity (Wildman–Crippen MR) is 75.1 cm³/mol. The van der Waals surface area contributed by atoms with E-state index in [0.717, 1.165) is 37.4 Å². The highest BCUT2D eigenvalue weighted by atomic mass is 32.2. The summed E-state index contributed by atoms with van der Waals surface area (Å²) in [7, 11) is -3.56. The Bertz CT molecular complexity index is 591. The number of thiazole rings is 1. The van der Waals surface area contributed by atoms with Crippen molar-refractivity contribution in [2.75, 3.05) is 26.2 Å². The molecule has 0 aliphatic carbocycles. The number of aromatic nitrogens is 1. The van der Waals surface area contributed by atoms with E-state index in [4.69, 9.17) is 0 Å². The lowest BCUT2D eigenvalue weighted by molar-refractivity contribution is 0.342. The number of likely N-dealkylation sites (tertiary alicyclic amines) is 1. The van der Waals surface area contributed by atoms with Gasteiger partial charge in [0.05, 0.1) is 0 Å². The second-order valence-corrected chi connectivity index (χ2v) is 7.77. The van der Waals surface area contributed by atoms with Gasteiger partial charge in [-0.3, -0.25) is 4.79 Å². The Morgan fingerprint density at radius 1 is 1.53 bits per heavy atom. The molecule has 1 aliphatic heterocycles. The highest BCUT2D eigenvalue weighted by molar-refractivity contribution is 7.91. The molecule has 0 amide bonds. The van der Waals surface area contributed by atoms with Gasteiger partial charge in [-0.2, -0.15) is 0 Å². The van der Waals surface area contributed by atoms with Crippen molar-refractivity contribution in [1.29, 1.82) is 0 Å². The summed E-state index contributed by atoms with van der Waals surface area (Å²) in [5.41, 5.74) is 0.407. The van der Waals surface area contributed by atoms with E-state index in [9.17, 15) is 13.2 Å². The molecule has 1 aliphatic rings. The summed E-state index contributed by atoms with van der Waals surface area (Å²) in [6, 6.07) is 0. The largest absolute Gasteiger partial charge is 0.315 e. The number of aryl methyl sites for hydroxylation is 1. The van der Waals surface area contributed by atoms with Crippen LogP contribution in [0.3, 0.4) is 0 Å². The summed E-state index contributed by atoms with van der Waals surface area (Å²) in [6.07, 6.45) is 1.01. The van der Waals surface area contributed by atoms with Crippen molar-refractivity contribution < 1.29 is 8.42 Å². The molecule has 8 heteroatoms. The number of sulfonamides is 1. The van der Waals surface area contributed by atoms with Gasteiger partial charge < -0.3 is 9.88 Å². The monoisotopic (exact) mass is 305 g/mol. The summed E-state index contributed by atoms with van der Waals surface area (Å²) in [5, 5.41) is 0. The minimum Gasteiger partial charge on any atom is -0.315 e. The molecule has 0 aromatic carbocycles. The molecule has 1 atom stereocenters. The standard InChI is InChI=1S/C11H19N3O3S2/c1-3-14-5-4-9(7-14)6-12-19(16,17)10-8(2)13-11(15)18-10/h9,12H,3-7H2,1-2H3,(H,13,15). The van der Waals surface area contributed by atoms with Gasteiger partial charge in [-0.05, 0) is 32.4 Å². The Morgan fingerprint density at radius 2 is 2.26 bits per heavy atom. The average Bonchev–Trinajstić information content (AvgIpc) is 2.93. The van der Waals surface area contributed by atoms with E-state index in [2.05, 4.69) is 21.5 Å². The molecular formula is C11H19N3O3S2. The maximum absolute atomic E-state index is 12.1. The molecule has 1 aromatic heterocycles. The van der Waals surface area contributed by atoms with E-state index in [-0.39, 0.29) is 9.08 Å². The minimum atomic E-state index is -3.56. The molecule has 1 aromatic rings. The zero-order chi connectivity index (χ0) is 14.0. The Hall–Kier alpha value is -0.700. The maximum Gasteiger partial charge on any atom is 0.305 e. The molecular weight excluding hydrogens is 286 g/mol. The van der Waals surface area contributed by atoms with Gasteiger partial charge in [-0.1, -0.05) is 18.3 Å². The summed E-state index contributed by atoms with van der Waals surface area (Å²) in [4.78, 5) is 15.6. The number of H-pyrrole nitrogens is 1. The fourth-order valence-corrected chi connectivity index (χ4v) is 4.77. The van der Waals surface area contributed by atoms with Crippen LogP contribution in [0.5, 0.6) is 0 Å². The van der Waals surface area contributed by atoms with E-state index in [1.165, 1.54) is 0 Å². The highest BCUT2D eigenvalue weighted by Gasteiger charge is 2.25. The number of rotatable bonds is 5.